The minimum absolute atomic E-state index is 0.0195. The van der Waals surface area contributed by atoms with Gasteiger partial charge < -0.3 is 38.5 Å². The number of esters is 1. The van der Waals surface area contributed by atoms with E-state index in [0.717, 1.165) is 32.1 Å². The maximum Gasteiger partial charge on any atom is 0.305 e. The number of allylic oxidation sites excluding steroid dienone is 4. The van der Waals surface area contributed by atoms with Crippen LogP contribution < -0.4 is 4.89 Å². The average Bonchev–Trinajstić information content (AvgIpc) is 3.00. The molecule has 0 aromatic heterocycles. The van der Waals surface area contributed by atoms with Crippen molar-refractivity contribution >= 4 is 13.6 Å². The highest BCUT2D eigenvalue weighted by atomic mass is 31.2. The van der Waals surface area contributed by atoms with Crippen molar-refractivity contribution in [2.45, 2.75) is 160 Å². The van der Waals surface area contributed by atoms with Crippen molar-refractivity contribution in [3.63, 3.8) is 0 Å². The molecule has 10 heteroatoms. The second-order valence-electron chi connectivity index (χ2n) is 13.0. The zero-order chi connectivity index (χ0) is 33.8. The third kappa shape index (κ3) is 26.7. The molecule has 45 heavy (non-hydrogen) atoms. The van der Waals surface area contributed by atoms with Crippen molar-refractivity contribution in [2.24, 2.45) is 0 Å². The van der Waals surface area contributed by atoms with Crippen molar-refractivity contribution in [2.75, 3.05) is 33.9 Å². The molecule has 3 N–H and O–H groups in total. The van der Waals surface area contributed by atoms with E-state index in [1.165, 1.54) is 90.4 Å². The zero-order valence-corrected chi connectivity index (χ0v) is 30.0. The highest BCUT2D eigenvalue weighted by Crippen LogP contribution is 2.46. The molecule has 0 aliphatic heterocycles. The van der Waals surface area contributed by atoms with Gasteiger partial charge in [-0.3, -0.25) is 4.79 Å². The molecule has 266 valence electrons. The third-order valence-electron chi connectivity index (χ3n) is 8.37. The molecule has 0 saturated carbocycles. The molecule has 0 heterocycles. The van der Waals surface area contributed by atoms with Gasteiger partial charge in [0.2, 0.25) is 0 Å². The van der Waals surface area contributed by atoms with Crippen molar-refractivity contribution in [1.29, 1.82) is 0 Å². The van der Waals surface area contributed by atoms with Gasteiger partial charge >= 0.3 is 5.97 Å². The Labute approximate surface area is 275 Å². The van der Waals surface area contributed by atoms with Gasteiger partial charge in [-0.15, -0.1) is 0 Å². The molecule has 0 fully saturated rings. The molecule has 9 nitrogen and oxygen atoms in total. The van der Waals surface area contributed by atoms with Gasteiger partial charge in [-0.25, -0.2) is 0 Å². The molecule has 0 amide bonds. The van der Waals surface area contributed by atoms with E-state index >= 15 is 0 Å². The van der Waals surface area contributed by atoms with Crippen LogP contribution in [0.15, 0.2) is 24.3 Å². The monoisotopic (exact) mass is 661 g/mol. The van der Waals surface area contributed by atoms with E-state index in [9.17, 15) is 19.4 Å². The molecule has 0 saturated heterocycles. The molecule has 0 radical (unpaired) electrons. The number of aliphatic hydroxyl groups excluding tert-OH is 2. The van der Waals surface area contributed by atoms with E-state index in [1.54, 1.807) is 14.1 Å². The Morgan fingerprint density at radius 3 is 1.69 bits per heavy atom. The van der Waals surface area contributed by atoms with E-state index in [1.807, 2.05) is 0 Å². The molecule has 3 atom stereocenters. The number of hydrogen-bond donors (Lipinski definition) is 3. The second-order valence-corrected chi connectivity index (χ2v) is 15.1. The summed E-state index contributed by atoms with van der Waals surface area (Å²) < 4.78 is 22.6. The first-order chi connectivity index (χ1) is 21.4. The SMILES string of the molecule is CCCCCCCC/C=C\CCCC/C=C\CCCCCCCCC(=O)OC[C@@H](O)COP(=O)([O-])C(C)[N+](C)(C)CCC(O)O. The number of nitrogens with zero attached hydrogens (tertiary/aromatic N) is 1. The van der Waals surface area contributed by atoms with Crippen LogP contribution >= 0.6 is 7.60 Å². The van der Waals surface area contributed by atoms with Gasteiger partial charge in [0, 0.05) is 12.8 Å². The largest absolute Gasteiger partial charge is 0.774 e. The lowest BCUT2D eigenvalue weighted by Crippen LogP contribution is -2.50. The van der Waals surface area contributed by atoms with Crippen molar-refractivity contribution < 1.29 is 43.3 Å². The minimum Gasteiger partial charge on any atom is -0.774 e. The van der Waals surface area contributed by atoms with Gasteiger partial charge in [0.1, 0.15) is 18.5 Å². The van der Waals surface area contributed by atoms with Gasteiger partial charge in [-0.2, -0.15) is 0 Å². The number of quaternary nitrogens is 1. The van der Waals surface area contributed by atoms with Gasteiger partial charge in [-0.05, 0) is 64.7 Å². The van der Waals surface area contributed by atoms with Crippen LogP contribution in [-0.2, 0) is 18.6 Å². The fourth-order valence-electron chi connectivity index (χ4n) is 4.90. The molecule has 2 unspecified atom stereocenters. The summed E-state index contributed by atoms with van der Waals surface area (Å²) in [6.07, 6.45) is 28.6. The van der Waals surface area contributed by atoms with Gasteiger partial charge in [0.15, 0.2) is 13.9 Å². The van der Waals surface area contributed by atoms with E-state index in [4.69, 9.17) is 19.5 Å². The van der Waals surface area contributed by atoms with Crippen LogP contribution in [0.2, 0.25) is 0 Å². The summed E-state index contributed by atoms with van der Waals surface area (Å²) in [4.78, 5) is 24.5. The lowest BCUT2D eigenvalue weighted by molar-refractivity contribution is -0.902. The average molecular weight is 662 g/mol. The highest BCUT2D eigenvalue weighted by molar-refractivity contribution is 7.51. The molecule has 0 bridgehead atoms. The van der Waals surface area contributed by atoms with Crippen LogP contribution in [0.4, 0.5) is 0 Å². The number of carbonyl (C=O) groups is 1. The standard InChI is InChI=1S/C35H68NO8P/c1-5-6-7-8-9-10-11-12-13-14-15-16-17-18-19-20-21-22-23-24-25-26-27-35(40)43-30-33(37)31-44-45(41,42)32(2)36(3,4)29-28-34(38)39/h12-13,18-19,32-34,37-39H,5-11,14-17,20-31H2,1-4H3/b13-12-,19-18-/t32?,33-/m1/s1. The number of carbonyl (C=O) groups excluding carboxylic acids is 1. The fourth-order valence-corrected chi connectivity index (χ4v) is 6.38. The van der Waals surface area contributed by atoms with Crippen molar-refractivity contribution in [1.82, 2.24) is 0 Å². The van der Waals surface area contributed by atoms with Crippen LogP contribution in [-0.4, -0.2) is 77.8 Å². The number of unbranched alkanes of at least 4 members (excludes halogenated alkanes) is 15. The smallest absolute Gasteiger partial charge is 0.305 e. The predicted octanol–water partition coefficient (Wildman–Crippen LogP) is 7.13. The second kappa shape index (κ2) is 28.0. The van der Waals surface area contributed by atoms with Crippen LogP contribution in [0.5, 0.6) is 0 Å². The first kappa shape index (κ1) is 43.9. The molecule has 0 aromatic carbocycles. The minimum atomic E-state index is -4.37. The molecular formula is C35H68NO8P. The summed E-state index contributed by atoms with van der Waals surface area (Å²) in [5, 5.41) is 28.2. The van der Waals surface area contributed by atoms with Crippen molar-refractivity contribution in [3.05, 3.63) is 24.3 Å². The Bertz CT molecular complexity index is 817. The first-order valence-corrected chi connectivity index (χ1v) is 19.3. The van der Waals surface area contributed by atoms with E-state index in [2.05, 4.69) is 31.2 Å². The lowest BCUT2D eigenvalue weighted by Gasteiger charge is -2.42. The predicted molar refractivity (Wildman–Crippen MR) is 181 cm³/mol. The third-order valence-corrected chi connectivity index (χ3v) is 10.4. The lowest BCUT2D eigenvalue weighted by atomic mass is 10.1. The summed E-state index contributed by atoms with van der Waals surface area (Å²) in [7, 11) is -1.07. The Balaban J connectivity index is 3.70. The molecule has 0 aromatic rings. The topological polar surface area (TPSA) is 136 Å². The molecule has 0 aliphatic rings. The van der Waals surface area contributed by atoms with Gasteiger partial charge in [0.25, 0.3) is 0 Å². The summed E-state index contributed by atoms with van der Waals surface area (Å²) in [6, 6.07) is 0. The zero-order valence-electron chi connectivity index (χ0n) is 29.1. The molecular weight excluding hydrogens is 593 g/mol. The van der Waals surface area contributed by atoms with Crippen LogP contribution in [0.3, 0.4) is 0 Å². The Kier molecular flexibility index (Phi) is 27.3. The highest BCUT2D eigenvalue weighted by Gasteiger charge is 2.34. The quantitative estimate of drug-likeness (QED) is 0.0178. The summed E-state index contributed by atoms with van der Waals surface area (Å²) in [5.74, 6) is -1.38. The number of ether oxygens (including phenoxy) is 1. The number of aliphatic hydroxyl groups is 3. The molecule has 0 rings (SSSR count). The maximum atomic E-state index is 12.5. The molecule has 0 spiro atoms. The normalized spacial score (nSPS) is 15.2. The van der Waals surface area contributed by atoms with Crippen LogP contribution in [0, 0.1) is 0 Å². The maximum absolute atomic E-state index is 12.5. The van der Waals surface area contributed by atoms with Gasteiger partial charge in [-0.1, -0.05) is 89.0 Å². The van der Waals surface area contributed by atoms with E-state index in [0.29, 0.717) is 0 Å². The fraction of sp³-hybridized carbons (Fsp3) is 0.857. The number of rotatable bonds is 31. The number of hydrogen-bond acceptors (Lipinski definition) is 8. The van der Waals surface area contributed by atoms with Crippen LogP contribution in [0.1, 0.15) is 142 Å². The van der Waals surface area contributed by atoms with Crippen LogP contribution in [0.25, 0.3) is 0 Å². The molecule has 0 aliphatic carbocycles. The Morgan fingerprint density at radius 2 is 1.20 bits per heavy atom. The Morgan fingerprint density at radius 1 is 0.756 bits per heavy atom. The summed E-state index contributed by atoms with van der Waals surface area (Å²) in [6.45, 7) is 3.11. The van der Waals surface area contributed by atoms with Gasteiger partial charge in [0.05, 0.1) is 27.2 Å². The summed E-state index contributed by atoms with van der Waals surface area (Å²) >= 11 is 0. The van der Waals surface area contributed by atoms with E-state index < -0.39 is 38.3 Å². The van der Waals surface area contributed by atoms with E-state index in [-0.39, 0.29) is 30.5 Å². The van der Waals surface area contributed by atoms with Crippen molar-refractivity contribution in [3.8, 4) is 0 Å². The Hall–Kier alpha value is -1.06. The first-order valence-electron chi connectivity index (χ1n) is 17.7. The summed E-state index contributed by atoms with van der Waals surface area (Å²) in [5.41, 5.74) is 0.